The average Bonchev–Trinajstić information content (AvgIpc) is 2.79. The molecule has 0 aliphatic rings. The van der Waals surface area contributed by atoms with Crippen molar-refractivity contribution in [3.05, 3.63) is 77.9 Å². The zero-order valence-corrected chi connectivity index (χ0v) is 18.2. The van der Waals surface area contributed by atoms with Crippen LogP contribution in [0.3, 0.4) is 0 Å². The Hall–Kier alpha value is -3.61. The number of hydrogen-bond donors (Lipinski definition) is 0. The summed E-state index contributed by atoms with van der Waals surface area (Å²) in [7, 11) is 4.49. The lowest BCUT2D eigenvalue weighted by Crippen LogP contribution is -2.33. The molecule has 0 heterocycles. The zero-order valence-electron chi connectivity index (χ0n) is 18.2. The highest BCUT2D eigenvalue weighted by Crippen LogP contribution is 2.23. The molecule has 7 nitrogen and oxygen atoms in total. The first-order valence-corrected chi connectivity index (χ1v) is 9.91. The number of hydrogen-bond acceptors (Lipinski definition) is 5. The number of nitrogens with zero attached hydrogens (tertiary/aromatic N) is 2. The summed E-state index contributed by atoms with van der Waals surface area (Å²) in [4.78, 5) is 40.5. The number of amides is 2. The van der Waals surface area contributed by atoms with E-state index >= 15 is 0 Å². The van der Waals surface area contributed by atoms with E-state index in [1.807, 2.05) is 30.3 Å². The molecule has 2 rings (SSSR count). The Morgan fingerprint density at radius 1 is 1.03 bits per heavy atom. The lowest BCUT2D eigenvalue weighted by Gasteiger charge is -2.24. The van der Waals surface area contributed by atoms with Gasteiger partial charge in [0.05, 0.1) is 12.7 Å². The SMILES string of the molecule is C=CCCCN(C(=O)OCc1ccccc1)c1cc(C(=O)OC)cc(C(=O)N(C)C)c1. The van der Waals surface area contributed by atoms with Gasteiger partial charge in [-0.25, -0.2) is 9.59 Å². The Bertz CT molecular complexity index is 925. The van der Waals surface area contributed by atoms with Crippen molar-refractivity contribution in [1.82, 2.24) is 4.90 Å². The number of methoxy groups -OCH3 is 1. The predicted octanol–water partition coefficient (Wildman–Crippen LogP) is 4.28. The highest BCUT2D eigenvalue weighted by molar-refractivity contribution is 6.01. The molecule has 0 saturated carbocycles. The second-order valence-corrected chi connectivity index (χ2v) is 7.08. The van der Waals surface area contributed by atoms with Gasteiger partial charge in [-0.1, -0.05) is 36.4 Å². The van der Waals surface area contributed by atoms with Crippen molar-refractivity contribution in [3.8, 4) is 0 Å². The quantitative estimate of drug-likeness (QED) is 0.341. The Labute approximate surface area is 182 Å². The van der Waals surface area contributed by atoms with Gasteiger partial charge in [0.2, 0.25) is 0 Å². The molecular formula is C24H28N2O5. The molecule has 0 aliphatic carbocycles. The summed E-state index contributed by atoms with van der Waals surface area (Å²) in [5, 5.41) is 0. The Morgan fingerprint density at radius 3 is 2.32 bits per heavy atom. The average molecular weight is 424 g/mol. The second-order valence-electron chi connectivity index (χ2n) is 7.08. The molecule has 0 aliphatic heterocycles. The van der Waals surface area contributed by atoms with Gasteiger partial charge in [-0.2, -0.15) is 0 Å². The minimum Gasteiger partial charge on any atom is -0.465 e. The van der Waals surface area contributed by atoms with Crippen molar-refractivity contribution < 1.29 is 23.9 Å². The number of carbonyl (C=O) groups is 3. The Kier molecular flexibility index (Phi) is 8.81. The number of rotatable bonds is 9. The minimum absolute atomic E-state index is 0.109. The molecule has 0 bridgehead atoms. The van der Waals surface area contributed by atoms with Crippen molar-refractivity contribution in [1.29, 1.82) is 0 Å². The normalized spacial score (nSPS) is 10.2. The molecule has 2 amide bonds. The summed E-state index contributed by atoms with van der Waals surface area (Å²) in [5.41, 5.74) is 1.69. The van der Waals surface area contributed by atoms with Gasteiger partial charge < -0.3 is 14.4 Å². The van der Waals surface area contributed by atoms with Crippen LogP contribution >= 0.6 is 0 Å². The van der Waals surface area contributed by atoms with Gasteiger partial charge >= 0.3 is 12.1 Å². The lowest BCUT2D eigenvalue weighted by molar-refractivity contribution is 0.0600. The summed E-state index contributed by atoms with van der Waals surface area (Å²) in [5.74, 6) is -0.894. The molecule has 0 aromatic heterocycles. The largest absolute Gasteiger partial charge is 0.465 e. The summed E-state index contributed by atoms with van der Waals surface area (Å²) >= 11 is 0. The van der Waals surface area contributed by atoms with E-state index in [0.29, 0.717) is 25.1 Å². The molecule has 164 valence electrons. The first-order valence-electron chi connectivity index (χ1n) is 9.91. The molecular weight excluding hydrogens is 396 g/mol. The van der Waals surface area contributed by atoms with Crippen LogP contribution in [0.25, 0.3) is 0 Å². The van der Waals surface area contributed by atoms with Crippen LogP contribution in [0.1, 0.15) is 39.1 Å². The first kappa shape index (κ1) is 23.7. The number of ether oxygens (including phenoxy) is 2. The number of anilines is 1. The highest BCUT2D eigenvalue weighted by Gasteiger charge is 2.22. The minimum atomic E-state index is -0.599. The smallest absolute Gasteiger partial charge is 0.414 e. The van der Waals surface area contributed by atoms with Crippen LogP contribution in [-0.2, 0) is 16.1 Å². The molecule has 0 spiro atoms. The fourth-order valence-corrected chi connectivity index (χ4v) is 2.90. The second kappa shape index (κ2) is 11.5. The van der Waals surface area contributed by atoms with Gasteiger partial charge in [0, 0.05) is 31.9 Å². The van der Waals surface area contributed by atoms with Crippen LogP contribution in [0, 0.1) is 0 Å². The molecule has 0 radical (unpaired) electrons. The molecule has 0 fully saturated rings. The fourth-order valence-electron chi connectivity index (χ4n) is 2.90. The maximum absolute atomic E-state index is 12.9. The predicted molar refractivity (Wildman–Crippen MR) is 119 cm³/mol. The van der Waals surface area contributed by atoms with Gasteiger partial charge in [-0.05, 0) is 36.6 Å². The van der Waals surface area contributed by atoms with Crippen molar-refractivity contribution >= 4 is 23.7 Å². The molecule has 2 aromatic rings. The number of allylic oxidation sites excluding steroid dienone is 1. The summed E-state index contributed by atoms with van der Waals surface area (Å²) in [6.45, 7) is 4.15. The fraction of sp³-hybridized carbons (Fsp3) is 0.292. The van der Waals surface area contributed by atoms with E-state index in [9.17, 15) is 14.4 Å². The molecule has 0 saturated heterocycles. The van der Waals surface area contributed by atoms with E-state index in [0.717, 1.165) is 5.56 Å². The maximum atomic E-state index is 12.9. The van der Waals surface area contributed by atoms with Crippen LogP contribution in [0.15, 0.2) is 61.2 Å². The Balaban J connectivity index is 2.39. The third-order valence-electron chi connectivity index (χ3n) is 4.52. The van der Waals surface area contributed by atoms with Crippen LogP contribution < -0.4 is 4.90 Å². The molecule has 7 heteroatoms. The molecule has 2 aromatic carbocycles. The lowest BCUT2D eigenvalue weighted by atomic mass is 10.1. The van der Waals surface area contributed by atoms with E-state index in [1.165, 1.54) is 29.0 Å². The van der Waals surface area contributed by atoms with Crippen molar-refractivity contribution in [3.63, 3.8) is 0 Å². The van der Waals surface area contributed by atoms with E-state index in [-0.39, 0.29) is 23.6 Å². The van der Waals surface area contributed by atoms with Gasteiger partial charge in [0.15, 0.2) is 0 Å². The van der Waals surface area contributed by atoms with Crippen molar-refractivity contribution in [2.24, 2.45) is 0 Å². The van der Waals surface area contributed by atoms with E-state index < -0.39 is 12.1 Å². The van der Waals surface area contributed by atoms with Gasteiger partial charge in [-0.3, -0.25) is 9.69 Å². The van der Waals surface area contributed by atoms with Crippen LogP contribution in [0.5, 0.6) is 0 Å². The molecule has 0 N–H and O–H groups in total. The van der Waals surface area contributed by atoms with Crippen LogP contribution in [0.4, 0.5) is 10.5 Å². The Morgan fingerprint density at radius 2 is 1.71 bits per heavy atom. The van der Waals surface area contributed by atoms with Gasteiger partial charge in [0.1, 0.15) is 6.61 Å². The summed E-state index contributed by atoms with van der Waals surface area (Å²) < 4.78 is 10.3. The topological polar surface area (TPSA) is 76.1 Å². The third-order valence-corrected chi connectivity index (χ3v) is 4.52. The van der Waals surface area contributed by atoms with E-state index in [2.05, 4.69) is 6.58 Å². The summed E-state index contributed by atoms with van der Waals surface area (Å²) in [6, 6.07) is 13.9. The van der Waals surface area contributed by atoms with Gasteiger partial charge in [-0.15, -0.1) is 6.58 Å². The molecule has 0 unspecified atom stereocenters. The number of unbranched alkanes of at least 4 members (excludes halogenated alkanes) is 1. The van der Waals surface area contributed by atoms with E-state index in [1.54, 1.807) is 26.2 Å². The highest BCUT2D eigenvalue weighted by atomic mass is 16.6. The number of benzene rings is 2. The summed E-state index contributed by atoms with van der Waals surface area (Å²) in [6.07, 6.45) is 2.53. The van der Waals surface area contributed by atoms with E-state index in [4.69, 9.17) is 9.47 Å². The van der Waals surface area contributed by atoms with Gasteiger partial charge in [0.25, 0.3) is 5.91 Å². The first-order chi connectivity index (χ1) is 14.9. The third kappa shape index (κ3) is 6.70. The number of carbonyl (C=O) groups excluding carboxylic acids is 3. The standard InChI is InChI=1S/C24H28N2O5/c1-5-6-10-13-26(24(29)31-17-18-11-8-7-9-12-18)21-15-19(22(27)25(2)3)14-20(16-21)23(28)30-4/h5,7-9,11-12,14-16H,1,6,10,13,17H2,2-4H3. The zero-order chi connectivity index (χ0) is 22.8. The molecule has 0 atom stereocenters. The molecule has 31 heavy (non-hydrogen) atoms. The van der Waals surface area contributed by atoms with Crippen LogP contribution in [0.2, 0.25) is 0 Å². The van der Waals surface area contributed by atoms with Crippen LogP contribution in [-0.4, -0.2) is 50.6 Å². The van der Waals surface area contributed by atoms with Crippen molar-refractivity contribution in [2.75, 3.05) is 32.6 Å². The monoisotopic (exact) mass is 424 g/mol. The maximum Gasteiger partial charge on any atom is 0.414 e. The number of esters is 1. The van der Waals surface area contributed by atoms with Crippen molar-refractivity contribution in [2.45, 2.75) is 19.4 Å².